The van der Waals surface area contributed by atoms with E-state index in [1.54, 1.807) is 26.1 Å². The fourth-order valence-corrected chi connectivity index (χ4v) is 11.1. The number of benzene rings is 4. The predicted octanol–water partition coefficient (Wildman–Crippen LogP) is 1.14. The smallest absolute Gasteiger partial charge is 0.269 e. The number of aromatic amines is 1. The van der Waals surface area contributed by atoms with Crippen LogP contribution in [-0.4, -0.2) is 134 Å². The van der Waals surface area contributed by atoms with Crippen LogP contribution in [0.15, 0.2) is 103 Å². The fraction of sp³-hybridized carbons (Fsp3) is 0.382. The molecule has 0 bridgehead atoms. The number of nitro benzene ring substituents is 1. The number of nitro groups is 1. The summed E-state index contributed by atoms with van der Waals surface area (Å²) in [4.78, 5) is 128. The minimum absolute atomic E-state index is 0.0376. The number of H-pyrrole nitrogens is 1. The van der Waals surface area contributed by atoms with Gasteiger partial charge in [0.15, 0.2) is 0 Å². The first-order chi connectivity index (χ1) is 38.7. The number of unbranched alkanes of at least 4 members (excludes halogenated alkanes) is 1. The topological polar surface area (TPSA) is 398 Å². The molecule has 6 rings (SSSR count). The van der Waals surface area contributed by atoms with E-state index in [0.717, 1.165) is 32.5 Å². The summed E-state index contributed by atoms with van der Waals surface area (Å²) in [6.45, 7) is 3.58. The van der Waals surface area contributed by atoms with Crippen LogP contribution in [0.3, 0.4) is 0 Å². The number of nitrogens with zero attached hydrogens (tertiary/aromatic N) is 1. The van der Waals surface area contributed by atoms with Gasteiger partial charge in [-0.3, -0.25) is 48.5 Å². The molecule has 1 fully saturated rings. The van der Waals surface area contributed by atoms with E-state index in [1.165, 1.54) is 72.8 Å². The van der Waals surface area contributed by atoms with Crippen molar-refractivity contribution in [3.8, 4) is 11.5 Å². The Labute approximate surface area is 474 Å². The first-order valence-electron chi connectivity index (χ1n) is 26.2. The van der Waals surface area contributed by atoms with E-state index in [0.29, 0.717) is 35.1 Å². The molecular weight excluding hydrogens is 1080 g/mol. The Balaban J connectivity index is 1.39. The number of fused-ring (bicyclic) bond motifs is 1. The summed E-state index contributed by atoms with van der Waals surface area (Å²) in [7, 11) is 1.97. The molecule has 1 aromatic heterocycles. The number of phenols is 2. The van der Waals surface area contributed by atoms with Gasteiger partial charge in [-0.25, -0.2) is 0 Å². The second kappa shape index (κ2) is 29.9. The lowest BCUT2D eigenvalue weighted by atomic mass is 10.00. The van der Waals surface area contributed by atoms with Crippen molar-refractivity contribution >= 4 is 85.4 Å². The normalized spacial score (nSPS) is 20.6. The van der Waals surface area contributed by atoms with Crippen LogP contribution in [0.5, 0.6) is 11.5 Å². The fourth-order valence-electron chi connectivity index (χ4n) is 8.78. The summed E-state index contributed by atoms with van der Waals surface area (Å²) < 4.78 is 0. The summed E-state index contributed by atoms with van der Waals surface area (Å²) in [5.41, 5.74) is 20.6. The molecule has 0 radical (unpaired) electrons. The SMILES string of the molecule is CC(C)C1NC(=O)[C@H](CCCCN)NC(=O)C(Cc2c[nH]c3ccccc23)NC(=O)[C@H](Cc2ccc(O)cc2)NC(=O)C(NC(=O)[C@H](N)Cc2ccc([N+](=O)[O-])cc2)CSSCC(C(=O)N[C@@H](Cc2ccc(O)cc2)C(N)=O)NC1=O. The average molecular weight is 1150 g/mol. The Morgan fingerprint density at radius 2 is 1.27 bits per heavy atom. The maximum Gasteiger partial charge on any atom is 0.269 e. The van der Waals surface area contributed by atoms with Crippen molar-refractivity contribution in [2.75, 3.05) is 18.1 Å². The van der Waals surface area contributed by atoms with Crippen LogP contribution in [0.2, 0.25) is 0 Å². The number of phenolic OH excluding ortho intramolecular Hbond substituents is 2. The molecule has 1 aliphatic rings. The molecule has 4 aromatic carbocycles. The molecule has 1 saturated heterocycles. The lowest BCUT2D eigenvalue weighted by Gasteiger charge is -2.29. The Kier molecular flexibility index (Phi) is 22.9. The van der Waals surface area contributed by atoms with Gasteiger partial charge in [0.25, 0.3) is 5.69 Å². The van der Waals surface area contributed by atoms with E-state index >= 15 is 0 Å². The van der Waals surface area contributed by atoms with Gasteiger partial charge in [0.1, 0.15) is 53.8 Å². The maximum absolute atomic E-state index is 14.9. The summed E-state index contributed by atoms with van der Waals surface area (Å²) in [5.74, 6) is -7.91. The van der Waals surface area contributed by atoms with Crippen molar-refractivity contribution in [2.45, 2.75) is 107 Å². The number of aromatic hydroxyl groups is 2. The largest absolute Gasteiger partial charge is 0.508 e. The molecule has 1 aliphatic heterocycles. The molecule has 16 N–H and O–H groups in total. The lowest BCUT2D eigenvalue weighted by molar-refractivity contribution is -0.384. The number of para-hydroxylation sites is 1. The predicted molar refractivity (Wildman–Crippen MR) is 306 cm³/mol. The van der Waals surface area contributed by atoms with Gasteiger partial charge in [-0.2, -0.15) is 0 Å². The number of non-ortho nitro benzene ring substituents is 1. The van der Waals surface area contributed by atoms with E-state index in [9.17, 15) is 58.7 Å². The van der Waals surface area contributed by atoms with Crippen LogP contribution in [-0.2, 0) is 64.0 Å². The van der Waals surface area contributed by atoms with Crippen molar-refractivity contribution in [1.82, 2.24) is 42.2 Å². The number of rotatable bonds is 19. The van der Waals surface area contributed by atoms with Crippen LogP contribution in [0.1, 0.15) is 55.4 Å². The molecule has 8 atom stereocenters. The minimum atomic E-state index is -1.47. The second-order valence-corrected chi connectivity index (χ2v) is 22.4. The minimum Gasteiger partial charge on any atom is -0.508 e. The molecule has 0 spiro atoms. The van der Waals surface area contributed by atoms with Gasteiger partial charge >= 0.3 is 0 Å². The van der Waals surface area contributed by atoms with E-state index in [4.69, 9.17) is 17.2 Å². The van der Waals surface area contributed by atoms with Crippen LogP contribution in [0.25, 0.3) is 10.9 Å². The zero-order valence-corrected chi connectivity index (χ0v) is 46.2. The molecule has 0 aliphatic carbocycles. The number of primary amides is 1. The number of hydrogen-bond acceptors (Lipinski definition) is 16. The number of carbonyl (C=O) groups is 8. The highest BCUT2D eigenvalue weighted by molar-refractivity contribution is 8.76. The van der Waals surface area contributed by atoms with E-state index in [2.05, 4.69) is 42.2 Å². The Morgan fingerprint density at radius 3 is 1.90 bits per heavy atom. The van der Waals surface area contributed by atoms with Crippen molar-refractivity contribution in [1.29, 1.82) is 0 Å². The summed E-state index contributed by atoms with van der Waals surface area (Å²) in [5, 5.41) is 51.1. The van der Waals surface area contributed by atoms with Crippen LogP contribution < -0.4 is 54.4 Å². The average Bonchev–Trinajstić information content (AvgIpc) is 4.04. The first-order valence-corrected chi connectivity index (χ1v) is 28.6. The van der Waals surface area contributed by atoms with Gasteiger partial charge in [0.05, 0.1) is 11.0 Å². The lowest BCUT2D eigenvalue weighted by Crippen LogP contribution is -2.61. The number of nitrogens with one attached hydrogen (secondary N) is 8. The van der Waals surface area contributed by atoms with Gasteiger partial charge < -0.3 is 69.6 Å². The maximum atomic E-state index is 14.9. The highest BCUT2D eigenvalue weighted by Crippen LogP contribution is 2.25. The number of carbonyl (C=O) groups excluding carboxylic acids is 8. The second-order valence-electron chi connectivity index (χ2n) is 19.9. The Morgan fingerprint density at radius 1 is 0.704 bits per heavy atom. The third-order valence-corrected chi connectivity index (χ3v) is 15.8. The zero-order chi connectivity index (χ0) is 58.8. The van der Waals surface area contributed by atoms with Crippen LogP contribution in [0.4, 0.5) is 5.69 Å². The molecule has 24 nitrogen and oxygen atoms in total. The molecule has 0 saturated carbocycles. The molecule has 81 heavy (non-hydrogen) atoms. The van der Waals surface area contributed by atoms with Crippen molar-refractivity contribution in [3.05, 3.63) is 136 Å². The summed E-state index contributed by atoms with van der Waals surface area (Å²) in [6.07, 6.45) is 2.03. The van der Waals surface area contributed by atoms with Crippen molar-refractivity contribution < 1.29 is 53.5 Å². The third-order valence-electron chi connectivity index (χ3n) is 13.4. The van der Waals surface area contributed by atoms with Gasteiger partial charge in [0, 0.05) is 60.0 Å². The summed E-state index contributed by atoms with van der Waals surface area (Å²) >= 11 is 0. The number of aromatic nitrogens is 1. The van der Waals surface area contributed by atoms with Gasteiger partial charge in [-0.15, -0.1) is 0 Å². The Hall–Kier alpha value is -8.20. The third kappa shape index (κ3) is 18.4. The van der Waals surface area contributed by atoms with E-state index < -0.39 is 106 Å². The number of hydrogen-bond donors (Lipinski definition) is 13. The molecule has 8 amide bonds. The quantitative estimate of drug-likeness (QED) is 0.0239. The van der Waals surface area contributed by atoms with Crippen molar-refractivity contribution in [2.24, 2.45) is 23.1 Å². The zero-order valence-electron chi connectivity index (χ0n) is 44.6. The van der Waals surface area contributed by atoms with Gasteiger partial charge in [-0.05, 0) is 90.7 Å². The molecule has 432 valence electrons. The highest BCUT2D eigenvalue weighted by atomic mass is 33.1. The standard InChI is InChI=1S/C55H68N12O12S2/c1-30(2)47-55(77)65-46(53(75)61-42(48(58)70)24-32-12-18-36(68)19-13-32)29-81-80-28-45(64-49(71)39(57)23-31-10-16-35(17-11-31)67(78)79)54(76)62-43(25-33-14-20-37(69)21-15-33)51(73)63-44(26-34-27-59-40-8-4-3-7-38(34)40)52(74)60-41(50(72)66-47)9-5-6-22-56/h3-4,7-8,10-21,27,30,39,41-47,59,68-69H,5-6,9,22-26,28-29,56-57H2,1-2H3,(H2,58,70)(H,60,74)(H,61,75)(H,62,76)(H,63,73)(H,64,71)(H,65,77)(H,66,72)/t39-,41+,42+,43+,44?,45?,46?,47?/m1/s1. The first kappa shape index (κ1) is 62.0. The molecule has 26 heteroatoms. The highest BCUT2D eigenvalue weighted by Gasteiger charge is 2.36. The van der Waals surface area contributed by atoms with E-state index in [1.807, 2.05) is 18.2 Å². The van der Waals surface area contributed by atoms with Crippen LogP contribution in [0, 0.1) is 16.0 Å². The van der Waals surface area contributed by atoms with Gasteiger partial charge in [0.2, 0.25) is 47.3 Å². The number of nitrogens with two attached hydrogens (primary N) is 3. The number of amides is 8. The molecule has 4 unspecified atom stereocenters. The van der Waals surface area contributed by atoms with Gasteiger partial charge in [-0.1, -0.05) is 90.0 Å². The van der Waals surface area contributed by atoms with Crippen LogP contribution >= 0.6 is 21.6 Å². The molecular formula is C55H68N12O12S2. The molecule has 2 heterocycles. The molecule has 5 aromatic rings. The Bertz CT molecular complexity index is 3020. The summed E-state index contributed by atoms with van der Waals surface area (Å²) in [6, 6.07) is 13.4. The van der Waals surface area contributed by atoms with Crippen molar-refractivity contribution in [3.63, 3.8) is 0 Å². The van der Waals surface area contributed by atoms with E-state index in [-0.39, 0.29) is 67.3 Å². The monoisotopic (exact) mass is 1150 g/mol.